The van der Waals surface area contributed by atoms with Gasteiger partial charge in [-0.05, 0) is 56.1 Å². The van der Waals surface area contributed by atoms with Crippen molar-refractivity contribution in [3.05, 3.63) is 30.1 Å². The number of aromatic nitrogens is 1. The Labute approximate surface area is 108 Å². The predicted octanol–water partition coefficient (Wildman–Crippen LogP) is 2.64. The summed E-state index contributed by atoms with van der Waals surface area (Å²) in [6.45, 7) is 2.15. The maximum atomic E-state index is 12.1. The van der Waals surface area contributed by atoms with Crippen LogP contribution in [0.3, 0.4) is 0 Å². The molecule has 3 nitrogen and oxygen atoms in total. The summed E-state index contributed by atoms with van der Waals surface area (Å²) in [6, 6.07) is 3.90. The van der Waals surface area contributed by atoms with Gasteiger partial charge >= 0.3 is 0 Å². The van der Waals surface area contributed by atoms with E-state index in [0.29, 0.717) is 11.5 Å². The Morgan fingerprint density at radius 1 is 1.44 bits per heavy atom. The molecule has 0 radical (unpaired) electrons. The molecule has 0 aliphatic heterocycles. The van der Waals surface area contributed by atoms with E-state index in [1.807, 2.05) is 6.07 Å². The van der Waals surface area contributed by atoms with Gasteiger partial charge in [0, 0.05) is 18.4 Å². The summed E-state index contributed by atoms with van der Waals surface area (Å²) in [5, 5.41) is 3.14. The van der Waals surface area contributed by atoms with Crippen LogP contribution in [0.2, 0.25) is 0 Å². The monoisotopic (exact) mass is 244 g/mol. The molecule has 3 rings (SSSR count). The van der Waals surface area contributed by atoms with Crippen molar-refractivity contribution in [2.24, 2.45) is 17.8 Å². The number of amides is 1. The summed E-state index contributed by atoms with van der Waals surface area (Å²) < 4.78 is 0. The third-order valence-corrected chi connectivity index (χ3v) is 4.72. The van der Waals surface area contributed by atoms with E-state index in [9.17, 15) is 4.79 Å². The van der Waals surface area contributed by atoms with Crippen molar-refractivity contribution in [1.29, 1.82) is 0 Å². The molecule has 0 spiro atoms. The summed E-state index contributed by atoms with van der Waals surface area (Å²) in [7, 11) is 0. The zero-order valence-corrected chi connectivity index (χ0v) is 10.8. The molecule has 3 heteroatoms. The number of hydrogen-bond donors (Lipinski definition) is 1. The zero-order valence-electron chi connectivity index (χ0n) is 10.8. The largest absolute Gasteiger partial charge is 0.349 e. The molecular formula is C15H20N2O. The Hall–Kier alpha value is -1.38. The van der Waals surface area contributed by atoms with Crippen molar-refractivity contribution in [1.82, 2.24) is 10.3 Å². The molecule has 0 unspecified atom stereocenters. The van der Waals surface area contributed by atoms with Crippen LogP contribution in [0.5, 0.6) is 0 Å². The SMILES string of the molecule is C[C@H](NC(=O)c1cccnc1)[C@@H]1C[C@H]2CC[C@H]1C2. The Kier molecular flexibility index (Phi) is 3.06. The van der Waals surface area contributed by atoms with E-state index in [4.69, 9.17) is 0 Å². The molecule has 18 heavy (non-hydrogen) atoms. The van der Waals surface area contributed by atoms with Crippen molar-refractivity contribution in [2.75, 3.05) is 0 Å². The zero-order chi connectivity index (χ0) is 12.5. The average molecular weight is 244 g/mol. The molecule has 1 amide bonds. The van der Waals surface area contributed by atoms with Crippen LogP contribution in [0.25, 0.3) is 0 Å². The smallest absolute Gasteiger partial charge is 0.253 e. The van der Waals surface area contributed by atoms with Crippen molar-refractivity contribution >= 4 is 5.91 Å². The molecule has 4 atom stereocenters. The quantitative estimate of drug-likeness (QED) is 0.888. The van der Waals surface area contributed by atoms with Crippen LogP contribution in [0, 0.1) is 17.8 Å². The van der Waals surface area contributed by atoms with Crippen molar-refractivity contribution in [3.63, 3.8) is 0 Å². The van der Waals surface area contributed by atoms with Gasteiger partial charge < -0.3 is 5.32 Å². The van der Waals surface area contributed by atoms with E-state index < -0.39 is 0 Å². The maximum Gasteiger partial charge on any atom is 0.253 e. The van der Waals surface area contributed by atoms with Crippen LogP contribution in [0.4, 0.5) is 0 Å². The lowest BCUT2D eigenvalue weighted by atomic mass is 9.84. The molecule has 1 N–H and O–H groups in total. The second kappa shape index (κ2) is 4.71. The first-order valence-electron chi connectivity index (χ1n) is 6.95. The highest BCUT2D eigenvalue weighted by molar-refractivity contribution is 5.93. The highest BCUT2D eigenvalue weighted by atomic mass is 16.1. The first-order chi connectivity index (χ1) is 8.74. The fraction of sp³-hybridized carbons (Fsp3) is 0.600. The molecular weight excluding hydrogens is 224 g/mol. The summed E-state index contributed by atoms with van der Waals surface area (Å²) >= 11 is 0. The van der Waals surface area contributed by atoms with E-state index >= 15 is 0 Å². The number of nitrogens with zero attached hydrogens (tertiary/aromatic N) is 1. The minimum Gasteiger partial charge on any atom is -0.349 e. The van der Waals surface area contributed by atoms with Gasteiger partial charge in [0.25, 0.3) is 5.91 Å². The van der Waals surface area contributed by atoms with Crippen LogP contribution < -0.4 is 5.32 Å². The molecule has 1 aromatic heterocycles. The first-order valence-corrected chi connectivity index (χ1v) is 6.95. The number of pyridine rings is 1. The fourth-order valence-electron chi connectivity index (χ4n) is 3.80. The van der Waals surface area contributed by atoms with Gasteiger partial charge in [-0.25, -0.2) is 0 Å². The molecule has 1 heterocycles. The maximum absolute atomic E-state index is 12.1. The van der Waals surface area contributed by atoms with Gasteiger partial charge in [-0.15, -0.1) is 0 Å². The Morgan fingerprint density at radius 2 is 2.33 bits per heavy atom. The number of carbonyl (C=O) groups excluding carboxylic acids is 1. The molecule has 96 valence electrons. The second-order valence-electron chi connectivity index (χ2n) is 5.84. The average Bonchev–Trinajstić information content (AvgIpc) is 3.02. The molecule has 2 bridgehead atoms. The van der Waals surface area contributed by atoms with Gasteiger partial charge in [-0.2, -0.15) is 0 Å². The molecule has 0 aromatic carbocycles. The standard InChI is InChI=1S/C15H20N2O/c1-10(14-8-11-4-5-12(14)7-11)17-15(18)13-3-2-6-16-9-13/h2-3,6,9-12,14H,4-5,7-8H2,1H3,(H,17,18)/t10-,11-,12-,14-/m0/s1. The normalized spacial score (nSPS) is 31.3. The Balaban J connectivity index is 1.61. The lowest BCUT2D eigenvalue weighted by Crippen LogP contribution is -2.40. The number of fused-ring (bicyclic) bond motifs is 2. The van der Waals surface area contributed by atoms with Crippen molar-refractivity contribution in [2.45, 2.75) is 38.6 Å². The highest BCUT2D eigenvalue weighted by Gasteiger charge is 2.42. The summed E-state index contributed by atoms with van der Waals surface area (Å²) in [6.07, 6.45) is 8.78. The fourth-order valence-corrected chi connectivity index (χ4v) is 3.80. The first kappa shape index (κ1) is 11.7. The molecule has 2 aliphatic rings. The van der Waals surface area contributed by atoms with Crippen LogP contribution in [0.1, 0.15) is 43.0 Å². The van der Waals surface area contributed by atoms with Crippen molar-refractivity contribution in [3.8, 4) is 0 Å². The van der Waals surface area contributed by atoms with E-state index in [0.717, 1.165) is 11.8 Å². The topological polar surface area (TPSA) is 42.0 Å². The van der Waals surface area contributed by atoms with E-state index in [2.05, 4.69) is 17.2 Å². The summed E-state index contributed by atoms with van der Waals surface area (Å²) in [5.74, 6) is 2.47. The number of nitrogens with one attached hydrogen (secondary N) is 1. The highest BCUT2D eigenvalue weighted by Crippen LogP contribution is 2.49. The Bertz CT molecular complexity index is 431. The number of rotatable bonds is 3. The molecule has 2 aliphatic carbocycles. The predicted molar refractivity (Wildman–Crippen MR) is 70.1 cm³/mol. The lowest BCUT2D eigenvalue weighted by molar-refractivity contribution is 0.0915. The molecule has 2 fully saturated rings. The summed E-state index contributed by atoms with van der Waals surface area (Å²) in [5.41, 5.74) is 0.660. The van der Waals surface area contributed by atoms with Crippen LogP contribution in [-0.2, 0) is 0 Å². The Morgan fingerprint density at radius 3 is 2.94 bits per heavy atom. The van der Waals surface area contributed by atoms with Gasteiger partial charge in [0.2, 0.25) is 0 Å². The number of hydrogen-bond acceptors (Lipinski definition) is 2. The van der Waals surface area contributed by atoms with Gasteiger partial charge in [-0.3, -0.25) is 9.78 Å². The van der Waals surface area contributed by atoms with Gasteiger partial charge in [0.15, 0.2) is 0 Å². The summed E-state index contributed by atoms with van der Waals surface area (Å²) in [4.78, 5) is 16.1. The lowest BCUT2D eigenvalue weighted by Gasteiger charge is -2.28. The molecule has 2 saturated carbocycles. The number of carbonyl (C=O) groups is 1. The van der Waals surface area contributed by atoms with E-state index in [1.165, 1.54) is 25.7 Å². The van der Waals surface area contributed by atoms with Crippen molar-refractivity contribution < 1.29 is 4.79 Å². The van der Waals surface area contributed by atoms with E-state index in [1.54, 1.807) is 18.5 Å². The van der Waals surface area contributed by atoms with Crippen LogP contribution >= 0.6 is 0 Å². The van der Waals surface area contributed by atoms with E-state index in [-0.39, 0.29) is 11.9 Å². The molecule has 0 saturated heterocycles. The minimum atomic E-state index is 0.0124. The van der Waals surface area contributed by atoms with Gasteiger partial charge in [-0.1, -0.05) is 6.42 Å². The molecule has 1 aromatic rings. The third kappa shape index (κ3) is 2.14. The second-order valence-corrected chi connectivity index (χ2v) is 5.84. The van der Waals surface area contributed by atoms with Crippen LogP contribution in [-0.4, -0.2) is 16.9 Å². The minimum absolute atomic E-state index is 0.0124. The van der Waals surface area contributed by atoms with Crippen LogP contribution in [0.15, 0.2) is 24.5 Å². The van der Waals surface area contributed by atoms with Gasteiger partial charge in [0.1, 0.15) is 0 Å². The third-order valence-electron chi connectivity index (χ3n) is 4.72. The van der Waals surface area contributed by atoms with Gasteiger partial charge in [0.05, 0.1) is 5.56 Å².